The lowest BCUT2D eigenvalue weighted by Gasteiger charge is -2.38. The molecule has 0 saturated heterocycles. The summed E-state index contributed by atoms with van der Waals surface area (Å²) in [6, 6.07) is 0. The van der Waals surface area contributed by atoms with Gasteiger partial charge in [-0.15, -0.1) is 0 Å². The molecule has 74 heavy (non-hydrogen) atoms. The van der Waals surface area contributed by atoms with E-state index in [2.05, 4.69) is 62.3 Å². The van der Waals surface area contributed by atoms with E-state index in [4.69, 9.17) is 19.9 Å². The Morgan fingerprint density at radius 3 is 1.54 bits per heavy atom. The highest BCUT2D eigenvalue weighted by Crippen LogP contribution is 2.44. The molecule has 0 bridgehead atoms. The number of phenolic OH excluding ortho intramolecular Hbond substituents is 1. The minimum absolute atomic E-state index is 0.0612. The van der Waals surface area contributed by atoms with Crippen molar-refractivity contribution in [1.29, 1.82) is 0 Å². The van der Waals surface area contributed by atoms with E-state index in [-0.39, 0.29) is 30.8 Å². The number of fused-ring (bicyclic) bond motifs is 1. The number of hydrogen-bond acceptors (Lipinski definition) is 8. The van der Waals surface area contributed by atoms with Gasteiger partial charge in [0.05, 0.1) is 6.61 Å². The molecule has 3 N–H and O–H groups in total. The number of carbonyl (C=O) groups is 3. The Bertz CT molecular complexity index is 1610. The second kappa shape index (κ2) is 42.4. The van der Waals surface area contributed by atoms with Crippen molar-refractivity contribution < 1.29 is 33.7 Å². The van der Waals surface area contributed by atoms with Crippen LogP contribution in [0.1, 0.15) is 328 Å². The highest BCUT2D eigenvalue weighted by atomic mass is 16.6. The highest BCUT2D eigenvalue weighted by Gasteiger charge is 2.37. The Labute approximate surface area is 457 Å². The van der Waals surface area contributed by atoms with Gasteiger partial charge in [0.15, 0.2) is 0 Å². The van der Waals surface area contributed by atoms with E-state index in [1.54, 1.807) is 0 Å². The lowest BCUT2D eigenvalue weighted by Crippen LogP contribution is -2.50. The number of benzene rings is 1. The van der Waals surface area contributed by atoms with Crippen molar-refractivity contribution in [3.63, 3.8) is 0 Å². The zero-order chi connectivity index (χ0) is 55.0. The molecule has 1 aromatic carbocycles. The number of aromatic hydroxyl groups is 1. The first-order valence-electron chi connectivity index (χ1n) is 31.6. The largest absolute Gasteiger partial charge is 0.507 e. The third-order valence-corrected chi connectivity index (χ3v) is 16.5. The number of phenols is 1. The normalized spacial score (nSPS) is 15.9. The van der Waals surface area contributed by atoms with E-state index in [1.807, 2.05) is 13.8 Å². The third-order valence-electron chi connectivity index (χ3n) is 16.5. The number of hydrogen-bond donors (Lipinski definition) is 2. The summed E-state index contributed by atoms with van der Waals surface area (Å²) in [5.41, 5.74) is 9.44. The van der Waals surface area contributed by atoms with Gasteiger partial charge in [-0.05, 0) is 114 Å². The number of rotatable bonds is 44. The fourth-order valence-corrected chi connectivity index (χ4v) is 10.8. The van der Waals surface area contributed by atoms with Crippen LogP contribution in [0.15, 0.2) is 0 Å². The second-order valence-electron chi connectivity index (χ2n) is 24.4. The molecule has 4 atom stereocenters. The van der Waals surface area contributed by atoms with Crippen molar-refractivity contribution in [3.8, 4) is 11.5 Å². The number of esters is 3. The van der Waals surface area contributed by atoms with Crippen LogP contribution in [0, 0.1) is 38.5 Å². The van der Waals surface area contributed by atoms with Crippen LogP contribution in [0.3, 0.4) is 0 Å². The summed E-state index contributed by atoms with van der Waals surface area (Å²) in [5.74, 6) is 2.51. The fourth-order valence-electron chi connectivity index (χ4n) is 10.8. The number of nitrogens with two attached hydrogens (primary N) is 1. The summed E-state index contributed by atoms with van der Waals surface area (Å²) in [6.07, 6.45) is 44.0. The lowest BCUT2D eigenvalue weighted by atomic mass is 9.84. The van der Waals surface area contributed by atoms with Crippen molar-refractivity contribution in [3.05, 3.63) is 22.3 Å². The van der Waals surface area contributed by atoms with Crippen LogP contribution in [0.2, 0.25) is 0 Å². The van der Waals surface area contributed by atoms with E-state index >= 15 is 0 Å². The van der Waals surface area contributed by atoms with Gasteiger partial charge < -0.3 is 25.1 Å². The standard InChI is InChI=1S/C37H71NO5.C29H50O2/c1-4-7-10-13-16-18-20-22-25-28-33-42-34(39)30-32-37(38,31-27-24-15-12-9-6-3)36(41)43-35(40)29-26-23-21-19-17-14-11-8-5-2;1-20(2)12-9-13-21(3)14-10-15-22(4)16-11-18-29(8)19-17-26-25(7)27(30)23(5)24(6)28(26)31-29/h4-33,38H2,1-3H3;20-22,30H,9-19H2,1-8H3/t37-;21-,22+,29-/m10/s1. The molecule has 1 aromatic rings. The number of carbonyl (C=O) groups excluding carboxylic acids is 3. The van der Waals surface area contributed by atoms with E-state index < -0.39 is 17.5 Å². The van der Waals surface area contributed by atoms with Crippen LogP contribution in [-0.2, 0) is 30.3 Å². The molecule has 1 aliphatic heterocycles. The average Bonchev–Trinajstić information content (AvgIpc) is 3.36. The molecule has 0 radical (unpaired) electrons. The number of ether oxygens (including phenoxy) is 3. The molecule has 0 aliphatic carbocycles. The molecule has 0 unspecified atom stereocenters. The van der Waals surface area contributed by atoms with Crippen molar-refractivity contribution >= 4 is 17.9 Å². The summed E-state index contributed by atoms with van der Waals surface area (Å²) in [7, 11) is 0. The van der Waals surface area contributed by atoms with Crippen LogP contribution in [0.25, 0.3) is 0 Å². The highest BCUT2D eigenvalue weighted by molar-refractivity contribution is 5.91. The van der Waals surface area contributed by atoms with Crippen molar-refractivity contribution in [1.82, 2.24) is 0 Å². The van der Waals surface area contributed by atoms with Crippen LogP contribution in [-0.4, -0.2) is 40.8 Å². The van der Waals surface area contributed by atoms with Crippen LogP contribution in [0.4, 0.5) is 0 Å². The molecule has 0 spiro atoms. The van der Waals surface area contributed by atoms with Gasteiger partial charge in [0.1, 0.15) is 22.6 Å². The Morgan fingerprint density at radius 2 is 1.03 bits per heavy atom. The van der Waals surface area contributed by atoms with Gasteiger partial charge in [-0.2, -0.15) is 0 Å². The lowest BCUT2D eigenvalue weighted by molar-refractivity contribution is -0.164. The predicted molar refractivity (Wildman–Crippen MR) is 314 cm³/mol. The molecule has 0 fully saturated rings. The van der Waals surface area contributed by atoms with Gasteiger partial charge in [0.2, 0.25) is 0 Å². The maximum absolute atomic E-state index is 13.1. The minimum Gasteiger partial charge on any atom is -0.507 e. The van der Waals surface area contributed by atoms with E-state index in [0.29, 0.717) is 18.8 Å². The SMILES string of the molecule is CCCCCCCCCCCCOC(=O)CC[C@](N)(CCCCCCCC)C(=O)OC(=O)CCCCCCCCCCC.Cc1c(C)c2c(c(C)c1O)CC[C@](C)(CCC[C@H](C)CCC[C@@H](C)CCCC(C)C)O2. The van der Waals surface area contributed by atoms with Gasteiger partial charge in [-0.1, -0.05) is 241 Å². The molecule has 0 amide bonds. The van der Waals surface area contributed by atoms with Crippen molar-refractivity contribution in [2.45, 2.75) is 344 Å². The summed E-state index contributed by atoms with van der Waals surface area (Å²) >= 11 is 0. The fraction of sp³-hybridized carbons (Fsp3) is 0.864. The molecular formula is C66H121NO7. The van der Waals surface area contributed by atoms with Gasteiger partial charge in [-0.3, -0.25) is 9.59 Å². The summed E-state index contributed by atoms with van der Waals surface area (Å²) in [5, 5.41) is 10.4. The van der Waals surface area contributed by atoms with Crippen LogP contribution < -0.4 is 10.5 Å². The maximum Gasteiger partial charge on any atom is 0.333 e. The predicted octanol–water partition coefficient (Wildman–Crippen LogP) is 19.5. The smallest absolute Gasteiger partial charge is 0.333 e. The molecule has 432 valence electrons. The van der Waals surface area contributed by atoms with Crippen LogP contribution in [0.5, 0.6) is 11.5 Å². The molecule has 1 aliphatic rings. The molecule has 8 heteroatoms. The van der Waals surface area contributed by atoms with Crippen LogP contribution >= 0.6 is 0 Å². The first-order valence-corrected chi connectivity index (χ1v) is 31.6. The molecular weight excluding hydrogens is 919 g/mol. The third kappa shape index (κ3) is 32.2. The maximum atomic E-state index is 13.1. The van der Waals surface area contributed by atoms with Crippen molar-refractivity contribution in [2.24, 2.45) is 23.5 Å². The van der Waals surface area contributed by atoms with E-state index in [1.165, 1.54) is 166 Å². The zero-order valence-electron chi connectivity index (χ0n) is 50.7. The van der Waals surface area contributed by atoms with Gasteiger partial charge in [-0.25, -0.2) is 4.79 Å². The first kappa shape index (κ1) is 69.4. The van der Waals surface area contributed by atoms with Crippen molar-refractivity contribution in [2.75, 3.05) is 6.61 Å². The minimum atomic E-state index is -1.34. The average molecular weight is 1040 g/mol. The Morgan fingerprint density at radius 1 is 0.568 bits per heavy atom. The second-order valence-corrected chi connectivity index (χ2v) is 24.4. The molecule has 1 heterocycles. The zero-order valence-corrected chi connectivity index (χ0v) is 50.7. The molecule has 8 nitrogen and oxygen atoms in total. The Balaban J connectivity index is 0.000000777. The Kier molecular flexibility index (Phi) is 39.8. The molecule has 0 saturated carbocycles. The summed E-state index contributed by atoms with van der Waals surface area (Å²) in [6.45, 7) is 25.0. The van der Waals surface area contributed by atoms with Gasteiger partial charge >= 0.3 is 17.9 Å². The van der Waals surface area contributed by atoms with E-state index in [0.717, 1.165) is 111 Å². The summed E-state index contributed by atoms with van der Waals surface area (Å²) < 4.78 is 17.3. The first-order chi connectivity index (χ1) is 35.4. The Hall–Kier alpha value is -2.61. The molecule has 2 rings (SSSR count). The van der Waals surface area contributed by atoms with Gasteiger partial charge in [0, 0.05) is 18.4 Å². The quantitative estimate of drug-likeness (QED) is 0.0376. The summed E-state index contributed by atoms with van der Waals surface area (Å²) in [4.78, 5) is 37.9. The van der Waals surface area contributed by atoms with E-state index in [9.17, 15) is 19.5 Å². The monoisotopic (exact) mass is 1040 g/mol. The van der Waals surface area contributed by atoms with Gasteiger partial charge in [0.25, 0.3) is 0 Å². The number of unbranched alkanes of at least 4 members (excludes halogenated alkanes) is 22. The topological polar surface area (TPSA) is 125 Å². The molecule has 0 aromatic heterocycles.